The van der Waals surface area contributed by atoms with Gasteiger partial charge in [-0.25, -0.2) is 9.97 Å². The maximum absolute atomic E-state index is 5.99. The SMILES string of the molecule is Cc1cnc2c(c1)nc(CCCl)n2C1CCCCCCC1. The molecule has 0 atom stereocenters. The molecule has 0 bridgehead atoms. The van der Waals surface area contributed by atoms with Gasteiger partial charge in [0, 0.05) is 24.5 Å². The van der Waals surface area contributed by atoms with E-state index in [1.54, 1.807) is 0 Å². The van der Waals surface area contributed by atoms with Crippen LogP contribution in [0.5, 0.6) is 0 Å². The number of nitrogens with zero attached hydrogens (tertiary/aromatic N) is 3. The molecule has 0 aromatic carbocycles. The predicted octanol–water partition coefficient (Wildman–Crippen LogP) is 4.81. The minimum absolute atomic E-state index is 0.545. The van der Waals surface area contributed by atoms with Crippen molar-refractivity contribution in [1.82, 2.24) is 14.5 Å². The average Bonchev–Trinajstić information content (AvgIpc) is 2.76. The molecule has 114 valence electrons. The van der Waals surface area contributed by atoms with E-state index in [9.17, 15) is 0 Å². The van der Waals surface area contributed by atoms with E-state index in [1.807, 2.05) is 6.20 Å². The summed E-state index contributed by atoms with van der Waals surface area (Å²) in [5, 5.41) is 0. The highest BCUT2D eigenvalue weighted by atomic mass is 35.5. The Morgan fingerprint density at radius 1 is 1.19 bits per heavy atom. The molecule has 0 amide bonds. The Hall–Kier alpha value is -1.09. The van der Waals surface area contributed by atoms with Crippen LogP contribution >= 0.6 is 11.6 Å². The van der Waals surface area contributed by atoms with Crippen molar-refractivity contribution in [2.75, 3.05) is 5.88 Å². The van der Waals surface area contributed by atoms with Gasteiger partial charge in [-0.3, -0.25) is 0 Å². The Morgan fingerprint density at radius 2 is 1.90 bits per heavy atom. The minimum Gasteiger partial charge on any atom is -0.310 e. The maximum atomic E-state index is 5.99. The van der Waals surface area contributed by atoms with Crippen LogP contribution in [0.1, 0.15) is 62.4 Å². The number of halogens is 1. The Morgan fingerprint density at radius 3 is 2.62 bits per heavy atom. The Bertz CT molecular complexity index is 597. The highest BCUT2D eigenvalue weighted by molar-refractivity contribution is 6.17. The number of pyridine rings is 1. The van der Waals surface area contributed by atoms with Gasteiger partial charge in [-0.2, -0.15) is 0 Å². The summed E-state index contributed by atoms with van der Waals surface area (Å²) < 4.78 is 2.39. The largest absolute Gasteiger partial charge is 0.310 e. The summed E-state index contributed by atoms with van der Waals surface area (Å²) in [6, 6.07) is 2.68. The third-order valence-corrected chi connectivity index (χ3v) is 4.69. The molecule has 1 aliphatic rings. The molecule has 1 aliphatic carbocycles. The zero-order valence-electron chi connectivity index (χ0n) is 12.8. The fraction of sp³-hybridized carbons (Fsp3) is 0.647. The van der Waals surface area contributed by atoms with Crippen LogP contribution < -0.4 is 0 Å². The van der Waals surface area contributed by atoms with Crippen LogP contribution in [0, 0.1) is 6.92 Å². The molecule has 2 aromatic rings. The molecule has 1 fully saturated rings. The van der Waals surface area contributed by atoms with Crippen LogP contribution in [0.3, 0.4) is 0 Å². The predicted molar refractivity (Wildman–Crippen MR) is 88.0 cm³/mol. The number of hydrogen-bond donors (Lipinski definition) is 0. The number of rotatable bonds is 3. The molecule has 3 nitrogen and oxygen atoms in total. The lowest BCUT2D eigenvalue weighted by molar-refractivity contribution is 0.370. The third kappa shape index (κ3) is 3.23. The maximum Gasteiger partial charge on any atom is 0.160 e. The quantitative estimate of drug-likeness (QED) is 0.762. The van der Waals surface area contributed by atoms with E-state index < -0.39 is 0 Å². The van der Waals surface area contributed by atoms with Crippen molar-refractivity contribution in [3.8, 4) is 0 Å². The summed E-state index contributed by atoms with van der Waals surface area (Å²) in [6.45, 7) is 2.07. The molecule has 0 spiro atoms. The van der Waals surface area contributed by atoms with Crippen LogP contribution in [-0.4, -0.2) is 20.4 Å². The molecule has 0 unspecified atom stereocenters. The summed E-state index contributed by atoms with van der Waals surface area (Å²) in [5.74, 6) is 1.73. The lowest BCUT2D eigenvalue weighted by Gasteiger charge is -2.23. The zero-order chi connectivity index (χ0) is 14.7. The summed E-state index contributed by atoms with van der Waals surface area (Å²) in [4.78, 5) is 9.48. The fourth-order valence-corrected chi connectivity index (χ4v) is 3.64. The second kappa shape index (κ2) is 6.78. The summed E-state index contributed by atoms with van der Waals surface area (Å²) in [7, 11) is 0. The Kier molecular flexibility index (Phi) is 4.79. The van der Waals surface area contributed by atoms with Crippen molar-refractivity contribution in [3.05, 3.63) is 23.7 Å². The molecule has 0 aliphatic heterocycles. The van der Waals surface area contributed by atoms with Crippen molar-refractivity contribution in [1.29, 1.82) is 0 Å². The van der Waals surface area contributed by atoms with Crippen molar-refractivity contribution < 1.29 is 0 Å². The molecule has 1 saturated carbocycles. The van der Waals surface area contributed by atoms with E-state index in [0.717, 1.165) is 23.4 Å². The van der Waals surface area contributed by atoms with Gasteiger partial charge in [0.1, 0.15) is 11.3 Å². The first-order valence-corrected chi connectivity index (χ1v) is 8.72. The molecule has 0 N–H and O–H groups in total. The lowest BCUT2D eigenvalue weighted by Crippen LogP contribution is -2.15. The van der Waals surface area contributed by atoms with Crippen LogP contribution in [0.2, 0.25) is 0 Å². The molecule has 0 saturated heterocycles. The van der Waals surface area contributed by atoms with Crippen LogP contribution in [0.15, 0.2) is 12.3 Å². The lowest BCUT2D eigenvalue weighted by atomic mass is 9.96. The van der Waals surface area contributed by atoms with Crippen LogP contribution in [-0.2, 0) is 6.42 Å². The highest BCUT2D eigenvalue weighted by Gasteiger charge is 2.20. The number of fused-ring (bicyclic) bond motifs is 1. The normalized spacial score (nSPS) is 17.8. The second-order valence-corrected chi connectivity index (χ2v) is 6.57. The standard InChI is InChI=1S/C17H24ClN3/c1-13-11-15-17(19-12-13)21(16(20-15)9-10-18)14-7-5-3-2-4-6-8-14/h11-12,14H,2-10H2,1H3. The number of alkyl halides is 1. The smallest absolute Gasteiger partial charge is 0.160 e. The van der Waals surface area contributed by atoms with Gasteiger partial charge in [0.15, 0.2) is 5.65 Å². The third-order valence-electron chi connectivity index (χ3n) is 4.50. The van der Waals surface area contributed by atoms with E-state index in [2.05, 4.69) is 22.5 Å². The van der Waals surface area contributed by atoms with E-state index in [4.69, 9.17) is 16.6 Å². The van der Waals surface area contributed by atoms with Crippen LogP contribution in [0.4, 0.5) is 0 Å². The first-order chi connectivity index (χ1) is 10.3. The Labute approximate surface area is 131 Å². The van der Waals surface area contributed by atoms with Crippen molar-refractivity contribution >= 4 is 22.8 Å². The summed E-state index contributed by atoms with van der Waals surface area (Å²) in [5.41, 5.74) is 3.24. The van der Waals surface area contributed by atoms with E-state index >= 15 is 0 Å². The highest BCUT2D eigenvalue weighted by Crippen LogP contribution is 2.30. The molecule has 21 heavy (non-hydrogen) atoms. The van der Waals surface area contributed by atoms with Gasteiger partial charge < -0.3 is 4.57 Å². The van der Waals surface area contributed by atoms with E-state index in [0.29, 0.717) is 11.9 Å². The molecule has 3 rings (SSSR count). The zero-order valence-corrected chi connectivity index (χ0v) is 13.6. The minimum atomic E-state index is 0.545. The van der Waals surface area contributed by atoms with Gasteiger partial charge in [0.05, 0.1) is 0 Å². The summed E-state index contributed by atoms with van der Waals surface area (Å²) >= 11 is 5.99. The van der Waals surface area contributed by atoms with E-state index in [-0.39, 0.29) is 0 Å². The number of imidazole rings is 1. The van der Waals surface area contributed by atoms with Gasteiger partial charge in [0.2, 0.25) is 0 Å². The number of aryl methyl sites for hydroxylation is 2. The van der Waals surface area contributed by atoms with Crippen molar-refractivity contribution in [3.63, 3.8) is 0 Å². The molecular formula is C17H24ClN3. The van der Waals surface area contributed by atoms with Gasteiger partial charge >= 0.3 is 0 Å². The second-order valence-electron chi connectivity index (χ2n) is 6.19. The molecule has 0 radical (unpaired) electrons. The number of aromatic nitrogens is 3. The molecular weight excluding hydrogens is 282 g/mol. The van der Waals surface area contributed by atoms with Gasteiger partial charge in [-0.05, 0) is 31.4 Å². The molecule has 2 aromatic heterocycles. The average molecular weight is 306 g/mol. The van der Waals surface area contributed by atoms with Crippen molar-refractivity contribution in [2.45, 2.75) is 64.3 Å². The number of hydrogen-bond acceptors (Lipinski definition) is 2. The van der Waals surface area contributed by atoms with Gasteiger partial charge in [-0.15, -0.1) is 11.6 Å². The fourth-order valence-electron chi connectivity index (χ4n) is 3.47. The first-order valence-electron chi connectivity index (χ1n) is 8.19. The topological polar surface area (TPSA) is 30.7 Å². The first kappa shape index (κ1) is 14.8. The summed E-state index contributed by atoms with van der Waals surface area (Å²) in [6.07, 6.45) is 12.0. The van der Waals surface area contributed by atoms with Gasteiger partial charge in [0.25, 0.3) is 0 Å². The van der Waals surface area contributed by atoms with Crippen LogP contribution in [0.25, 0.3) is 11.2 Å². The van der Waals surface area contributed by atoms with E-state index in [1.165, 1.54) is 50.5 Å². The molecule has 4 heteroatoms. The monoisotopic (exact) mass is 305 g/mol. The van der Waals surface area contributed by atoms with Crippen molar-refractivity contribution in [2.24, 2.45) is 0 Å². The Balaban J connectivity index is 2.02. The van der Waals surface area contributed by atoms with Gasteiger partial charge in [-0.1, -0.05) is 32.1 Å². The molecule has 2 heterocycles.